The summed E-state index contributed by atoms with van der Waals surface area (Å²) in [7, 11) is 0. The minimum Gasteiger partial charge on any atom is -0.462 e. The maximum absolute atomic E-state index is 10.5. The summed E-state index contributed by atoms with van der Waals surface area (Å²) < 4.78 is 10.4. The molecule has 21 heavy (non-hydrogen) atoms. The molecule has 5 atom stereocenters. The van der Waals surface area contributed by atoms with Crippen LogP contribution in [-0.2, 0) is 4.74 Å². The molecule has 0 saturated carbocycles. The molecule has 0 amide bonds. The van der Waals surface area contributed by atoms with Crippen LogP contribution < -0.4 is 4.74 Å². The van der Waals surface area contributed by atoms with Crippen LogP contribution in [0.4, 0.5) is 5.69 Å². The first-order valence-corrected chi connectivity index (χ1v) is 6.15. The fourth-order valence-corrected chi connectivity index (χ4v) is 1.95. The van der Waals surface area contributed by atoms with Crippen molar-refractivity contribution in [3.8, 4) is 5.75 Å². The fourth-order valence-electron chi connectivity index (χ4n) is 1.95. The first-order chi connectivity index (χ1) is 9.93. The Kier molecular flexibility index (Phi) is 4.70. The molecule has 116 valence electrons. The third-order valence-corrected chi connectivity index (χ3v) is 3.15. The number of hydrogen-bond donors (Lipinski definition) is 4. The second-order valence-electron chi connectivity index (χ2n) is 4.57. The number of aliphatic hydroxyl groups is 4. The van der Waals surface area contributed by atoms with Gasteiger partial charge in [0, 0.05) is 12.1 Å². The Hall–Kier alpha value is -1.78. The van der Waals surface area contributed by atoms with Crippen molar-refractivity contribution in [2.24, 2.45) is 0 Å². The zero-order valence-electron chi connectivity index (χ0n) is 10.8. The van der Waals surface area contributed by atoms with Crippen LogP contribution in [0.1, 0.15) is 0 Å². The van der Waals surface area contributed by atoms with E-state index in [1.807, 2.05) is 0 Å². The number of ether oxygens (including phenoxy) is 2. The molecule has 9 nitrogen and oxygen atoms in total. The molecule has 9 heteroatoms. The van der Waals surface area contributed by atoms with Gasteiger partial charge in [0.25, 0.3) is 5.69 Å². The maximum atomic E-state index is 10.5. The number of rotatable bonds is 4. The molecule has 0 spiro atoms. The van der Waals surface area contributed by atoms with Crippen LogP contribution in [0.5, 0.6) is 5.75 Å². The summed E-state index contributed by atoms with van der Waals surface area (Å²) in [6.45, 7) is -0.564. The molecule has 1 aliphatic rings. The monoisotopic (exact) mass is 301 g/mol. The summed E-state index contributed by atoms with van der Waals surface area (Å²) in [6, 6.07) is 5.03. The van der Waals surface area contributed by atoms with Gasteiger partial charge in [0.2, 0.25) is 6.29 Å². The van der Waals surface area contributed by atoms with Crippen molar-refractivity contribution < 1.29 is 34.8 Å². The minimum absolute atomic E-state index is 0.129. The van der Waals surface area contributed by atoms with Gasteiger partial charge < -0.3 is 29.9 Å². The van der Waals surface area contributed by atoms with Gasteiger partial charge in [-0.15, -0.1) is 0 Å². The third kappa shape index (κ3) is 3.28. The van der Waals surface area contributed by atoms with Crippen LogP contribution in [0.3, 0.4) is 0 Å². The highest BCUT2D eigenvalue weighted by Gasteiger charge is 2.44. The summed E-state index contributed by atoms with van der Waals surface area (Å²) in [5, 5.41) is 48.6. The first-order valence-electron chi connectivity index (χ1n) is 6.15. The zero-order chi connectivity index (χ0) is 15.6. The largest absolute Gasteiger partial charge is 0.462 e. The highest BCUT2D eigenvalue weighted by molar-refractivity contribution is 5.36. The predicted octanol–water partition coefficient (Wildman–Crippen LogP) is -1.23. The molecular formula is C12H15NO8. The van der Waals surface area contributed by atoms with E-state index >= 15 is 0 Å². The van der Waals surface area contributed by atoms with E-state index in [0.29, 0.717) is 0 Å². The van der Waals surface area contributed by atoms with Crippen LogP contribution in [0.15, 0.2) is 24.3 Å². The molecule has 0 radical (unpaired) electrons. The number of nitrogens with zero attached hydrogens (tertiary/aromatic N) is 1. The summed E-state index contributed by atoms with van der Waals surface area (Å²) in [5.74, 6) is 0.171. The summed E-state index contributed by atoms with van der Waals surface area (Å²) >= 11 is 0. The standard InChI is InChI=1S/C12H15NO8/c14-5-8-9(15)10(16)11(17)12(21-8)20-7-3-1-6(2-4-7)13(18)19/h1-4,8-12,14-17H,5H2/t8?,9-,10?,11?,12-/m1/s1. The van der Waals surface area contributed by atoms with E-state index in [2.05, 4.69) is 0 Å². The Morgan fingerprint density at radius 2 is 1.76 bits per heavy atom. The fraction of sp³-hybridized carbons (Fsp3) is 0.500. The lowest BCUT2D eigenvalue weighted by Crippen LogP contribution is -2.60. The Bertz CT molecular complexity index is 491. The van der Waals surface area contributed by atoms with Crippen molar-refractivity contribution in [2.45, 2.75) is 30.7 Å². The molecule has 1 heterocycles. The molecule has 0 aliphatic carbocycles. The second-order valence-corrected chi connectivity index (χ2v) is 4.57. The van der Waals surface area contributed by atoms with Gasteiger partial charge in [-0.2, -0.15) is 0 Å². The van der Waals surface area contributed by atoms with Gasteiger partial charge in [-0.1, -0.05) is 0 Å². The summed E-state index contributed by atoms with van der Waals surface area (Å²) in [5.41, 5.74) is -0.129. The molecule has 0 aromatic heterocycles. The predicted molar refractivity (Wildman–Crippen MR) is 67.5 cm³/mol. The molecule has 1 aliphatic heterocycles. The van der Waals surface area contributed by atoms with Crippen LogP contribution in [-0.4, -0.2) is 62.7 Å². The third-order valence-electron chi connectivity index (χ3n) is 3.15. The van der Waals surface area contributed by atoms with E-state index in [-0.39, 0.29) is 11.4 Å². The van der Waals surface area contributed by atoms with Crippen LogP contribution in [0, 0.1) is 10.1 Å². The minimum atomic E-state index is -1.54. The summed E-state index contributed by atoms with van der Waals surface area (Å²) in [6.07, 6.45) is -6.94. The lowest BCUT2D eigenvalue weighted by Gasteiger charge is -2.39. The van der Waals surface area contributed by atoms with E-state index in [1.54, 1.807) is 0 Å². The van der Waals surface area contributed by atoms with Gasteiger partial charge in [-0.05, 0) is 12.1 Å². The molecule has 0 bridgehead atoms. The highest BCUT2D eigenvalue weighted by Crippen LogP contribution is 2.25. The van der Waals surface area contributed by atoms with Gasteiger partial charge in [-0.3, -0.25) is 10.1 Å². The van der Waals surface area contributed by atoms with Gasteiger partial charge in [-0.25, -0.2) is 0 Å². The lowest BCUT2D eigenvalue weighted by molar-refractivity contribution is -0.384. The van der Waals surface area contributed by atoms with Crippen molar-refractivity contribution in [1.29, 1.82) is 0 Å². The molecular weight excluding hydrogens is 286 g/mol. The molecule has 2 rings (SSSR count). The molecule has 1 aromatic carbocycles. The molecule has 1 fully saturated rings. The van der Waals surface area contributed by atoms with Crippen molar-refractivity contribution in [2.75, 3.05) is 6.61 Å². The van der Waals surface area contributed by atoms with E-state index in [1.165, 1.54) is 24.3 Å². The molecule has 3 unspecified atom stereocenters. The molecule has 4 N–H and O–H groups in total. The van der Waals surface area contributed by atoms with Crippen LogP contribution in [0.2, 0.25) is 0 Å². The Labute approximate surface area is 119 Å². The van der Waals surface area contributed by atoms with Crippen molar-refractivity contribution in [3.05, 3.63) is 34.4 Å². The number of nitro groups is 1. The van der Waals surface area contributed by atoms with Gasteiger partial charge in [0.05, 0.1) is 11.5 Å². The quantitative estimate of drug-likeness (QED) is 0.400. The number of non-ortho nitro benzene ring substituents is 1. The Morgan fingerprint density at radius 1 is 1.14 bits per heavy atom. The van der Waals surface area contributed by atoms with Gasteiger partial charge in [0.15, 0.2) is 0 Å². The average Bonchev–Trinajstić information content (AvgIpc) is 2.48. The summed E-state index contributed by atoms with van der Waals surface area (Å²) in [4.78, 5) is 9.95. The van der Waals surface area contributed by atoms with E-state index in [9.17, 15) is 25.4 Å². The smallest absolute Gasteiger partial charge is 0.269 e. The van der Waals surface area contributed by atoms with E-state index < -0.39 is 42.2 Å². The second kappa shape index (κ2) is 6.33. The maximum Gasteiger partial charge on any atom is 0.269 e. The van der Waals surface area contributed by atoms with E-state index in [0.717, 1.165) is 0 Å². The molecule has 1 aromatic rings. The zero-order valence-corrected chi connectivity index (χ0v) is 10.8. The Balaban J connectivity index is 2.08. The van der Waals surface area contributed by atoms with Crippen molar-refractivity contribution >= 4 is 5.69 Å². The highest BCUT2D eigenvalue weighted by atomic mass is 16.7. The van der Waals surface area contributed by atoms with Gasteiger partial charge >= 0.3 is 0 Å². The van der Waals surface area contributed by atoms with Crippen molar-refractivity contribution in [1.82, 2.24) is 0 Å². The van der Waals surface area contributed by atoms with Gasteiger partial charge in [0.1, 0.15) is 30.2 Å². The number of aliphatic hydroxyl groups excluding tert-OH is 4. The number of hydrogen-bond acceptors (Lipinski definition) is 8. The normalized spacial score (nSPS) is 32.7. The van der Waals surface area contributed by atoms with Crippen LogP contribution in [0.25, 0.3) is 0 Å². The number of nitro benzene ring substituents is 1. The molecule has 1 saturated heterocycles. The number of benzene rings is 1. The van der Waals surface area contributed by atoms with Crippen LogP contribution >= 0.6 is 0 Å². The SMILES string of the molecule is O=[N+]([O-])c1ccc(O[C@@H]2OC(CO)[C@@H](O)C(O)C2O)cc1. The lowest BCUT2D eigenvalue weighted by atomic mass is 9.99. The van der Waals surface area contributed by atoms with E-state index in [4.69, 9.17) is 14.6 Å². The Morgan fingerprint density at radius 3 is 2.29 bits per heavy atom. The topological polar surface area (TPSA) is 143 Å². The average molecular weight is 301 g/mol. The van der Waals surface area contributed by atoms with Crippen molar-refractivity contribution in [3.63, 3.8) is 0 Å². The first kappa shape index (κ1) is 15.6.